The maximum Gasteiger partial charge on any atom is 0.276 e. The van der Waals surface area contributed by atoms with Crippen LogP contribution in [-0.2, 0) is 4.79 Å². The molecule has 2 amide bonds. The van der Waals surface area contributed by atoms with Crippen LogP contribution in [0.2, 0.25) is 0 Å². The molecule has 2 saturated heterocycles. The van der Waals surface area contributed by atoms with Gasteiger partial charge >= 0.3 is 0 Å². The third kappa shape index (κ3) is 4.74. The van der Waals surface area contributed by atoms with Gasteiger partial charge in [0.25, 0.3) is 5.91 Å². The number of hydrogen-bond donors (Lipinski definition) is 1. The van der Waals surface area contributed by atoms with Gasteiger partial charge in [0, 0.05) is 32.1 Å². The monoisotopic (exact) mass is 424 g/mol. The first kappa shape index (κ1) is 22.0. The van der Waals surface area contributed by atoms with Crippen LogP contribution in [0.4, 0.5) is 0 Å². The molecule has 1 aromatic rings. The fourth-order valence-corrected chi connectivity index (χ4v) is 4.82. The van der Waals surface area contributed by atoms with E-state index in [0.29, 0.717) is 43.8 Å². The lowest BCUT2D eigenvalue weighted by atomic mass is 9.88. The summed E-state index contributed by atoms with van der Waals surface area (Å²) in [6, 6.07) is 0.320. The van der Waals surface area contributed by atoms with Crippen molar-refractivity contribution >= 4 is 24.2 Å². The molecular formula is C20H33ClN6O2. The van der Waals surface area contributed by atoms with Crippen LogP contribution < -0.4 is 5.32 Å². The average molecular weight is 425 g/mol. The molecule has 0 spiro atoms. The van der Waals surface area contributed by atoms with Crippen molar-refractivity contribution in [3.63, 3.8) is 0 Å². The first-order chi connectivity index (χ1) is 13.6. The number of carbonyl (C=O) groups is 2. The Kier molecular flexibility index (Phi) is 7.51. The summed E-state index contributed by atoms with van der Waals surface area (Å²) >= 11 is 0. The third-order valence-electron chi connectivity index (χ3n) is 6.62. The predicted octanol–water partition coefficient (Wildman–Crippen LogP) is 1.80. The normalized spacial score (nSPS) is 21.7. The second-order valence-corrected chi connectivity index (χ2v) is 8.40. The van der Waals surface area contributed by atoms with Crippen LogP contribution in [-0.4, -0.2) is 75.9 Å². The minimum Gasteiger partial charge on any atom is -0.339 e. The topological polar surface area (TPSA) is 83.4 Å². The number of carbonyl (C=O) groups excluding carboxylic acids is 2. The molecule has 9 heteroatoms. The van der Waals surface area contributed by atoms with Gasteiger partial charge in [-0.25, -0.2) is 4.68 Å². The standard InChI is InChI=1S/C20H32N6O2.ClH/c1-15-18(22-23-26(15)17-7-9-21-10-8-17)20(28)25-13-11-24(12-14-25)19(27)16-5-3-2-4-6-16;/h16-17,21H,2-14H2,1H3;1H. The van der Waals surface area contributed by atoms with Crippen molar-refractivity contribution in [2.24, 2.45) is 5.92 Å². The van der Waals surface area contributed by atoms with Crippen molar-refractivity contribution in [1.29, 1.82) is 0 Å². The first-order valence-corrected chi connectivity index (χ1v) is 10.9. The number of nitrogens with zero attached hydrogens (tertiary/aromatic N) is 5. The number of amides is 2. The van der Waals surface area contributed by atoms with Crippen molar-refractivity contribution < 1.29 is 9.59 Å². The molecule has 0 aromatic carbocycles. The number of piperidine rings is 1. The lowest BCUT2D eigenvalue weighted by Gasteiger charge is -2.37. The van der Waals surface area contributed by atoms with Crippen LogP contribution in [0.5, 0.6) is 0 Å². The zero-order valence-corrected chi connectivity index (χ0v) is 18.1. The summed E-state index contributed by atoms with van der Waals surface area (Å²) in [5.74, 6) is 0.436. The largest absolute Gasteiger partial charge is 0.339 e. The van der Waals surface area contributed by atoms with Crippen LogP contribution in [0.1, 0.15) is 67.2 Å². The Morgan fingerprint density at radius 1 is 0.931 bits per heavy atom. The van der Waals surface area contributed by atoms with E-state index in [1.165, 1.54) is 19.3 Å². The van der Waals surface area contributed by atoms with E-state index >= 15 is 0 Å². The maximum atomic E-state index is 13.0. The van der Waals surface area contributed by atoms with E-state index < -0.39 is 0 Å². The summed E-state index contributed by atoms with van der Waals surface area (Å²) in [5.41, 5.74) is 1.32. The second kappa shape index (κ2) is 9.89. The molecule has 0 bridgehead atoms. The fraction of sp³-hybridized carbons (Fsp3) is 0.800. The summed E-state index contributed by atoms with van der Waals surface area (Å²) < 4.78 is 1.93. The van der Waals surface area contributed by atoms with E-state index in [2.05, 4.69) is 15.6 Å². The van der Waals surface area contributed by atoms with E-state index in [1.807, 2.05) is 21.4 Å². The molecule has 3 heterocycles. The van der Waals surface area contributed by atoms with Crippen molar-refractivity contribution in [3.8, 4) is 0 Å². The Morgan fingerprint density at radius 2 is 1.55 bits per heavy atom. The summed E-state index contributed by atoms with van der Waals surface area (Å²) in [6.45, 7) is 6.31. The Bertz CT molecular complexity index is 704. The van der Waals surface area contributed by atoms with Gasteiger partial charge in [-0.3, -0.25) is 9.59 Å². The molecule has 162 valence electrons. The molecule has 0 unspecified atom stereocenters. The molecule has 4 rings (SSSR count). The Morgan fingerprint density at radius 3 is 2.21 bits per heavy atom. The molecule has 29 heavy (non-hydrogen) atoms. The Hall–Kier alpha value is -1.67. The van der Waals surface area contributed by atoms with Gasteiger partial charge in [0.15, 0.2) is 5.69 Å². The van der Waals surface area contributed by atoms with Crippen molar-refractivity contribution in [1.82, 2.24) is 30.1 Å². The highest BCUT2D eigenvalue weighted by Crippen LogP contribution is 2.26. The highest BCUT2D eigenvalue weighted by molar-refractivity contribution is 5.93. The zero-order valence-electron chi connectivity index (χ0n) is 17.3. The molecule has 1 aromatic heterocycles. The number of aromatic nitrogens is 3. The number of hydrogen-bond acceptors (Lipinski definition) is 5. The number of rotatable bonds is 3. The average Bonchev–Trinajstić information content (AvgIpc) is 3.15. The van der Waals surface area contributed by atoms with E-state index in [4.69, 9.17) is 0 Å². The quantitative estimate of drug-likeness (QED) is 0.799. The first-order valence-electron chi connectivity index (χ1n) is 10.9. The van der Waals surface area contributed by atoms with Crippen LogP contribution in [0.3, 0.4) is 0 Å². The zero-order chi connectivity index (χ0) is 19.5. The molecule has 0 radical (unpaired) electrons. The predicted molar refractivity (Wildman–Crippen MR) is 112 cm³/mol. The van der Waals surface area contributed by atoms with Crippen molar-refractivity contribution in [2.75, 3.05) is 39.3 Å². The van der Waals surface area contributed by atoms with Gasteiger partial charge in [-0.2, -0.15) is 0 Å². The van der Waals surface area contributed by atoms with Crippen molar-refractivity contribution in [3.05, 3.63) is 11.4 Å². The molecule has 2 aliphatic heterocycles. The van der Waals surface area contributed by atoms with Crippen LogP contribution in [0.15, 0.2) is 0 Å². The summed E-state index contributed by atoms with van der Waals surface area (Å²) in [5, 5.41) is 11.9. The SMILES string of the molecule is Cc1c(C(=O)N2CCN(C(=O)C3CCCCC3)CC2)nnn1C1CCNCC1.Cl. The summed E-state index contributed by atoms with van der Waals surface area (Å²) in [7, 11) is 0. The molecular weight excluding hydrogens is 392 g/mol. The summed E-state index contributed by atoms with van der Waals surface area (Å²) in [4.78, 5) is 29.5. The molecule has 1 saturated carbocycles. The maximum absolute atomic E-state index is 13.0. The number of nitrogens with one attached hydrogen (secondary N) is 1. The van der Waals surface area contributed by atoms with Gasteiger partial charge in [0.1, 0.15) is 0 Å². The molecule has 3 aliphatic rings. The highest BCUT2D eigenvalue weighted by Gasteiger charge is 2.32. The van der Waals surface area contributed by atoms with Gasteiger partial charge in [0.2, 0.25) is 5.91 Å². The van der Waals surface area contributed by atoms with Crippen LogP contribution in [0, 0.1) is 12.8 Å². The Balaban J connectivity index is 0.00000240. The molecule has 8 nitrogen and oxygen atoms in total. The van der Waals surface area contributed by atoms with Crippen molar-refractivity contribution in [2.45, 2.75) is 57.9 Å². The molecule has 3 fully saturated rings. The third-order valence-corrected chi connectivity index (χ3v) is 6.62. The minimum absolute atomic E-state index is 0. The van der Waals surface area contributed by atoms with E-state index in [0.717, 1.165) is 44.5 Å². The number of halogens is 1. The Labute approximate surface area is 178 Å². The molecule has 1 N–H and O–H groups in total. The highest BCUT2D eigenvalue weighted by atomic mass is 35.5. The second-order valence-electron chi connectivity index (χ2n) is 8.40. The van der Waals surface area contributed by atoms with Gasteiger partial charge in [0.05, 0.1) is 11.7 Å². The van der Waals surface area contributed by atoms with E-state index in [9.17, 15) is 9.59 Å². The lowest BCUT2D eigenvalue weighted by Crippen LogP contribution is -2.52. The number of piperazine rings is 1. The van der Waals surface area contributed by atoms with Gasteiger partial charge in [-0.15, -0.1) is 17.5 Å². The fourth-order valence-electron chi connectivity index (χ4n) is 4.82. The smallest absolute Gasteiger partial charge is 0.276 e. The van der Waals surface area contributed by atoms with Gasteiger partial charge < -0.3 is 15.1 Å². The van der Waals surface area contributed by atoms with Gasteiger partial charge in [-0.1, -0.05) is 24.5 Å². The molecule has 0 atom stereocenters. The van der Waals surface area contributed by atoms with Crippen LogP contribution >= 0.6 is 12.4 Å². The van der Waals surface area contributed by atoms with Crippen LogP contribution in [0.25, 0.3) is 0 Å². The lowest BCUT2D eigenvalue weighted by molar-refractivity contribution is -0.138. The van der Waals surface area contributed by atoms with Gasteiger partial charge in [-0.05, 0) is 45.7 Å². The van der Waals surface area contributed by atoms with E-state index in [-0.39, 0.29) is 24.2 Å². The summed E-state index contributed by atoms with van der Waals surface area (Å²) in [6.07, 6.45) is 7.67. The minimum atomic E-state index is -0.0533. The van der Waals surface area contributed by atoms with E-state index in [1.54, 1.807) is 0 Å². The molecule has 1 aliphatic carbocycles.